The molecule has 1 atom stereocenters. The van der Waals surface area contributed by atoms with E-state index in [1.54, 1.807) is 11.3 Å². The minimum absolute atomic E-state index is 0.0921. The maximum Gasteiger partial charge on any atom is 0.262 e. The molecule has 1 aromatic carbocycles. The van der Waals surface area contributed by atoms with Gasteiger partial charge in [-0.1, -0.05) is 23.5 Å². The zero-order valence-corrected chi connectivity index (χ0v) is 15.8. The molecular formula is C20H24N4OS. The lowest BCUT2D eigenvalue weighted by molar-refractivity contribution is -0.121. The molecule has 136 valence electrons. The highest BCUT2D eigenvalue weighted by Crippen LogP contribution is 2.52. The van der Waals surface area contributed by atoms with Gasteiger partial charge in [-0.05, 0) is 74.8 Å². The van der Waals surface area contributed by atoms with Gasteiger partial charge in [-0.15, -0.1) is 0 Å². The molecule has 0 spiro atoms. The molecule has 4 bridgehead atoms. The number of thiazole rings is 1. The van der Waals surface area contributed by atoms with Crippen molar-refractivity contribution in [1.29, 1.82) is 0 Å². The molecule has 2 N–H and O–H groups in total. The number of carbonyl (C=O) groups excluding carboxylic acids is 1. The second-order valence-corrected chi connectivity index (χ2v) is 9.20. The van der Waals surface area contributed by atoms with E-state index < -0.39 is 0 Å². The molecular weight excluding hydrogens is 344 g/mol. The number of nitrogens with zero attached hydrogens (tertiary/aromatic N) is 2. The third-order valence-corrected chi connectivity index (χ3v) is 7.26. The van der Waals surface area contributed by atoms with Crippen molar-refractivity contribution >= 4 is 38.3 Å². The monoisotopic (exact) mass is 368 g/mol. The zero-order chi connectivity index (χ0) is 17.7. The molecule has 1 heterocycles. The second-order valence-electron chi connectivity index (χ2n) is 8.17. The summed E-state index contributed by atoms with van der Waals surface area (Å²) in [4.78, 5) is 17.0. The number of hydrogen-bond acceptors (Lipinski definition) is 5. The summed E-state index contributed by atoms with van der Waals surface area (Å²) in [6, 6.07) is 7.64. The first-order valence-corrected chi connectivity index (χ1v) is 10.5. The smallest absolute Gasteiger partial charge is 0.262 e. The molecule has 0 radical (unpaired) electrons. The van der Waals surface area contributed by atoms with E-state index in [0.29, 0.717) is 11.8 Å². The number of hydrogen-bond donors (Lipinski definition) is 2. The Bertz CT molecular complexity index is 811. The Hall–Kier alpha value is -1.95. The maximum atomic E-state index is 12.5. The van der Waals surface area contributed by atoms with Gasteiger partial charge in [0.2, 0.25) is 0 Å². The third kappa shape index (κ3) is 2.90. The van der Waals surface area contributed by atoms with Gasteiger partial charge in [0.05, 0.1) is 10.2 Å². The largest absolute Gasteiger partial charge is 0.350 e. The second kappa shape index (κ2) is 6.34. The molecule has 4 saturated carbocycles. The predicted molar refractivity (Wildman–Crippen MR) is 105 cm³/mol. The number of fused-ring (bicyclic) bond motifs is 1. The van der Waals surface area contributed by atoms with Gasteiger partial charge in [-0.3, -0.25) is 4.79 Å². The van der Waals surface area contributed by atoms with Crippen LogP contribution < -0.4 is 10.7 Å². The number of carbonyl (C=O) groups is 1. The van der Waals surface area contributed by atoms with E-state index in [1.807, 2.05) is 31.2 Å². The van der Waals surface area contributed by atoms with Crippen molar-refractivity contribution < 1.29 is 4.79 Å². The minimum atomic E-state index is -0.364. The fourth-order valence-corrected chi connectivity index (χ4v) is 6.20. The van der Waals surface area contributed by atoms with Crippen LogP contribution in [0.15, 0.2) is 29.4 Å². The number of hydrazone groups is 1. The molecule has 4 aliphatic carbocycles. The van der Waals surface area contributed by atoms with Crippen molar-refractivity contribution in [1.82, 2.24) is 10.4 Å². The zero-order valence-electron chi connectivity index (χ0n) is 14.9. The van der Waals surface area contributed by atoms with Crippen LogP contribution in [0.3, 0.4) is 0 Å². The van der Waals surface area contributed by atoms with E-state index in [9.17, 15) is 4.79 Å². The molecule has 0 aliphatic heterocycles. The van der Waals surface area contributed by atoms with Crippen molar-refractivity contribution in [2.75, 3.05) is 5.32 Å². The highest BCUT2D eigenvalue weighted by Gasteiger charge is 2.46. The van der Waals surface area contributed by atoms with Gasteiger partial charge in [-0.2, -0.15) is 5.10 Å². The summed E-state index contributed by atoms with van der Waals surface area (Å²) in [5.74, 6) is 2.95. The summed E-state index contributed by atoms with van der Waals surface area (Å²) in [7, 11) is 0. The normalized spacial score (nSPS) is 30.4. The van der Waals surface area contributed by atoms with Gasteiger partial charge >= 0.3 is 0 Å². The maximum absolute atomic E-state index is 12.5. The van der Waals surface area contributed by atoms with Gasteiger partial charge in [-0.25, -0.2) is 10.4 Å². The van der Waals surface area contributed by atoms with Gasteiger partial charge in [0.25, 0.3) is 5.91 Å². The number of rotatable bonds is 4. The molecule has 4 aliphatic rings. The van der Waals surface area contributed by atoms with E-state index >= 15 is 0 Å². The summed E-state index contributed by atoms with van der Waals surface area (Å²) >= 11 is 1.57. The van der Waals surface area contributed by atoms with Crippen LogP contribution >= 0.6 is 11.3 Å². The van der Waals surface area contributed by atoms with E-state index in [0.717, 1.165) is 27.2 Å². The van der Waals surface area contributed by atoms with Crippen molar-refractivity contribution in [3.63, 3.8) is 0 Å². The third-order valence-electron chi connectivity index (χ3n) is 6.30. The predicted octanol–water partition coefficient (Wildman–Crippen LogP) is 4.03. The highest BCUT2D eigenvalue weighted by atomic mass is 32.1. The average molecular weight is 369 g/mol. The van der Waals surface area contributed by atoms with E-state index in [4.69, 9.17) is 0 Å². The Labute approximate surface area is 157 Å². The first-order valence-electron chi connectivity index (χ1n) is 9.65. The molecule has 0 unspecified atom stereocenters. The van der Waals surface area contributed by atoms with Crippen LogP contribution in [-0.4, -0.2) is 22.6 Å². The Balaban J connectivity index is 1.24. The Morgan fingerprint density at radius 3 is 2.54 bits per heavy atom. The molecule has 4 fully saturated rings. The van der Waals surface area contributed by atoms with Crippen molar-refractivity contribution in [2.45, 2.75) is 45.1 Å². The molecule has 0 saturated heterocycles. The molecule has 1 aromatic heterocycles. The van der Waals surface area contributed by atoms with Crippen LogP contribution in [0.25, 0.3) is 10.2 Å². The van der Waals surface area contributed by atoms with Crippen LogP contribution in [0.5, 0.6) is 0 Å². The van der Waals surface area contributed by atoms with Gasteiger partial charge in [0.1, 0.15) is 6.04 Å². The molecule has 1 amide bonds. The van der Waals surface area contributed by atoms with Gasteiger partial charge < -0.3 is 5.32 Å². The van der Waals surface area contributed by atoms with Crippen LogP contribution in [0.4, 0.5) is 5.13 Å². The quantitative estimate of drug-likeness (QED) is 0.801. The molecule has 2 aromatic rings. The Morgan fingerprint density at radius 1 is 1.15 bits per heavy atom. The van der Waals surface area contributed by atoms with E-state index in [-0.39, 0.29) is 11.9 Å². The lowest BCUT2D eigenvalue weighted by Gasteiger charge is -2.50. The molecule has 6 rings (SSSR count). The van der Waals surface area contributed by atoms with Crippen molar-refractivity contribution in [2.24, 2.45) is 28.8 Å². The number of aromatic nitrogens is 1. The van der Waals surface area contributed by atoms with E-state index in [1.165, 1.54) is 37.8 Å². The SMILES string of the molecule is C[C@H](Nc1nc2ccccc2s1)C(=O)NN=C1C2CC3CC(C2)CC1C3. The van der Waals surface area contributed by atoms with Crippen LogP contribution in [0, 0.1) is 23.7 Å². The topological polar surface area (TPSA) is 66.4 Å². The number of amides is 1. The number of benzene rings is 1. The van der Waals surface area contributed by atoms with Crippen LogP contribution in [0.2, 0.25) is 0 Å². The van der Waals surface area contributed by atoms with E-state index in [2.05, 4.69) is 20.8 Å². The van der Waals surface area contributed by atoms with Crippen molar-refractivity contribution in [3.05, 3.63) is 24.3 Å². The number of para-hydroxylation sites is 1. The Morgan fingerprint density at radius 2 is 1.85 bits per heavy atom. The fraction of sp³-hybridized carbons (Fsp3) is 0.550. The first kappa shape index (κ1) is 16.2. The highest BCUT2D eigenvalue weighted by molar-refractivity contribution is 7.22. The van der Waals surface area contributed by atoms with Crippen LogP contribution in [0.1, 0.15) is 39.0 Å². The van der Waals surface area contributed by atoms with Gasteiger partial charge in [0, 0.05) is 5.71 Å². The van der Waals surface area contributed by atoms with Gasteiger partial charge in [0.15, 0.2) is 5.13 Å². The summed E-state index contributed by atoms with van der Waals surface area (Å²) < 4.78 is 1.12. The molecule has 6 heteroatoms. The average Bonchev–Trinajstić information content (AvgIpc) is 3.02. The Kier molecular flexibility index (Phi) is 3.96. The first-order chi connectivity index (χ1) is 12.7. The summed E-state index contributed by atoms with van der Waals surface area (Å²) in [6.07, 6.45) is 6.54. The fourth-order valence-electron chi connectivity index (χ4n) is 5.25. The minimum Gasteiger partial charge on any atom is -0.350 e. The summed E-state index contributed by atoms with van der Waals surface area (Å²) in [5.41, 5.74) is 5.05. The summed E-state index contributed by atoms with van der Waals surface area (Å²) in [6.45, 7) is 1.86. The lowest BCUT2D eigenvalue weighted by Crippen LogP contribution is -2.47. The molecule has 26 heavy (non-hydrogen) atoms. The number of anilines is 1. The van der Waals surface area contributed by atoms with Crippen LogP contribution in [-0.2, 0) is 4.79 Å². The van der Waals surface area contributed by atoms with Crippen molar-refractivity contribution in [3.8, 4) is 0 Å². The molecule has 5 nitrogen and oxygen atoms in total. The lowest BCUT2D eigenvalue weighted by atomic mass is 9.55. The standard InChI is InChI=1S/C20H24N4OS/c1-11(21-20-22-16-4-2-3-5-17(16)26-20)19(25)24-23-18-14-7-12-6-13(9-14)10-15(18)8-12/h2-5,11-15H,6-10H2,1H3,(H,21,22)(H,24,25)/t11-,12?,13?,14?,15?/m0/s1. The summed E-state index contributed by atoms with van der Waals surface area (Å²) in [5, 5.41) is 8.57. The number of nitrogens with one attached hydrogen (secondary N) is 2.